The Labute approximate surface area is 58.9 Å². The van der Waals surface area contributed by atoms with E-state index in [1.54, 1.807) is 0 Å². The van der Waals surface area contributed by atoms with Gasteiger partial charge in [0.05, 0.1) is 0 Å². The van der Waals surface area contributed by atoms with E-state index in [0.717, 1.165) is 0 Å². The highest BCUT2D eigenvalue weighted by molar-refractivity contribution is 6.36. The minimum Gasteiger partial charge on any atom is -0.477 e. The molecule has 1 heterocycles. The Balaban J connectivity index is 2.72. The molecule has 1 aliphatic heterocycles. The fourth-order valence-corrected chi connectivity index (χ4v) is 0.864. The first-order chi connectivity index (χ1) is 4.63. The topological polar surface area (TPSA) is 61.7 Å². The van der Waals surface area contributed by atoms with Crippen LogP contribution in [0.3, 0.4) is 0 Å². The monoisotopic (exact) mass is 142 g/mol. The zero-order valence-corrected chi connectivity index (χ0v) is 5.96. The van der Waals surface area contributed by atoms with Gasteiger partial charge in [-0.2, -0.15) is 5.10 Å². The zero-order valence-electron chi connectivity index (χ0n) is 5.96. The van der Waals surface area contributed by atoms with Crippen molar-refractivity contribution in [3.05, 3.63) is 0 Å². The molecule has 0 aromatic carbocycles. The van der Waals surface area contributed by atoms with Crippen LogP contribution < -0.4 is 5.43 Å². The highest BCUT2D eigenvalue weighted by Gasteiger charge is 2.28. The zero-order chi connectivity index (χ0) is 7.72. The van der Waals surface area contributed by atoms with Gasteiger partial charge in [-0.25, -0.2) is 4.79 Å². The first kappa shape index (κ1) is 7.05. The molecular formula is C6H10N2O2. The summed E-state index contributed by atoms with van der Waals surface area (Å²) in [6.07, 6.45) is 0. The number of hydrogen-bond donors (Lipinski definition) is 2. The van der Waals surface area contributed by atoms with Crippen LogP contribution in [0.4, 0.5) is 0 Å². The second kappa shape index (κ2) is 2.28. The van der Waals surface area contributed by atoms with Crippen molar-refractivity contribution >= 4 is 11.7 Å². The van der Waals surface area contributed by atoms with Crippen molar-refractivity contribution < 1.29 is 9.90 Å². The Kier molecular flexibility index (Phi) is 1.61. The van der Waals surface area contributed by atoms with Gasteiger partial charge in [0.25, 0.3) is 0 Å². The third-order valence-corrected chi connectivity index (χ3v) is 1.79. The van der Waals surface area contributed by atoms with Gasteiger partial charge in [-0.15, -0.1) is 0 Å². The number of rotatable bonds is 1. The Morgan fingerprint density at radius 1 is 1.70 bits per heavy atom. The summed E-state index contributed by atoms with van der Waals surface area (Å²) in [4.78, 5) is 10.4. The van der Waals surface area contributed by atoms with E-state index in [9.17, 15) is 4.79 Å². The van der Waals surface area contributed by atoms with Crippen LogP contribution in [0.25, 0.3) is 0 Å². The minimum absolute atomic E-state index is 0.0116. The highest BCUT2D eigenvalue weighted by Crippen LogP contribution is 2.11. The van der Waals surface area contributed by atoms with Crippen LogP contribution in [0.5, 0.6) is 0 Å². The largest absolute Gasteiger partial charge is 0.477 e. The molecule has 2 N–H and O–H groups in total. The van der Waals surface area contributed by atoms with Crippen LogP contribution in [0.15, 0.2) is 5.10 Å². The van der Waals surface area contributed by atoms with E-state index in [1.165, 1.54) is 0 Å². The smallest absolute Gasteiger partial charge is 0.352 e. The summed E-state index contributed by atoms with van der Waals surface area (Å²) in [5.74, 6) is -0.915. The van der Waals surface area contributed by atoms with Crippen molar-refractivity contribution in [2.24, 2.45) is 11.0 Å². The van der Waals surface area contributed by atoms with Gasteiger partial charge in [0.15, 0.2) is 0 Å². The Bertz CT molecular complexity index is 188. The van der Waals surface area contributed by atoms with E-state index >= 15 is 0 Å². The number of carboxylic acid groups (broad SMARTS) is 1. The second-order valence-electron chi connectivity index (χ2n) is 2.51. The molecule has 0 saturated carbocycles. The van der Waals surface area contributed by atoms with Crippen molar-refractivity contribution in [2.45, 2.75) is 19.9 Å². The molecule has 1 aliphatic rings. The molecule has 0 aliphatic carbocycles. The molecule has 0 bridgehead atoms. The lowest BCUT2D eigenvalue weighted by Gasteiger charge is -2.07. The van der Waals surface area contributed by atoms with Gasteiger partial charge in [-0.1, -0.05) is 6.92 Å². The lowest BCUT2D eigenvalue weighted by atomic mass is 10.0. The van der Waals surface area contributed by atoms with Gasteiger partial charge >= 0.3 is 5.97 Å². The van der Waals surface area contributed by atoms with Gasteiger partial charge in [0.2, 0.25) is 0 Å². The van der Waals surface area contributed by atoms with E-state index in [1.807, 2.05) is 13.8 Å². The van der Waals surface area contributed by atoms with Crippen molar-refractivity contribution in [3.8, 4) is 0 Å². The fourth-order valence-electron chi connectivity index (χ4n) is 0.864. The first-order valence-corrected chi connectivity index (χ1v) is 3.19. The van der Waals surface area contributed by atoms with Crippen molar-refractivity contribution in [3.63, 3.8) is 0 Å². The van der Waals surface area contributed by atoms with Crippen LogP contribution in [0, 0.1) is 5.92 Å². The highest BCUT2D eigenvalue weighted by atomic mass is 16.4. The standard InChI is InChI=1S/C6H10N2O2/c1-3-4(2)7-8-5(3)6(9)10/h3-4,7H,1-2H3,(H,9,10). The number of carbonyl (C=O) groups is 1. The summed E-state index contributed by atoms with van der Waals surface area (Å²) < 4.78 is 0. The van der Waals surface area contributed by atoms with E-state index < -0.39 is 5.97 Å². The van der Waals surface area contributed by atoms with Crippen LogP contribution in [-0.4, -0.2) is 22.8 Å². The van der Waals surface area contributed by atoms with E-state index in [0.29, 0.717) is 0 Å². The molecule has 4 nitrogen and oxygen atoms in total. The van der Waals surface area contributed by atoms with E-state index in [4.69, 9.17) is 5.11 Å². The molecule has 2 unspecified atom stereocenters. The average molecular weight is 142 g/mol. The summed E-state index contributed by atoms with van der Waals surface area (Å²) in [6, 6.07) is 0.145. The van der Waals surface area contributed by atoms with Gasteiger partial charge < -0.3 is 10.5 Å². The lowest BCUT2D eigenvalue weighted by Crippen LogP contribution is -2.26. The van der Waals surface area contributed by atoms with Crippen LogP contribution in [0.1, 0.15) is 13.8 Å². The number of aliphatic carboxylic acids is 1. The minimum atomic E-state index is -0.927. The number of carboxylic acids is 1. The molecule has 0 radical (unpaired) electrons. The fraction of sp³-hybridized carbons (Fsp3) is 0.667. The number of hydrazone groups is 1. The average Bonchev–Trinajstić information content (AvgIpc) is 2.14. The third kappa shape index (κ3) is 0.964. The first-order valence-electron chi connectivity index (χ1n) is 3.19. The molecule has 4 heteroatoms. The molecule has 56 valence electrons. The summed E-state index contributed by atoms with van der Waals surface area (Å²) in [6.45, 7) is 3.75. The Morgan fingerprint density at radius 2 is 2.30 bits per heavy atom. The molecule has 10 heavy (non-hydrogen) atoms. The molecule has 0 aromatic rings. The van der Waals surface area contributed by atoms with Gasteiger partial charge in [-0.05, 0) is 6.92 Å². The molecule has 0 spiro atoms. The number of hydrogen-bond acceptors (Lipinski definition) is 3. The Hall–Kier alpha value is -1.06. The van der Waals surface area contributed by atoms with Crippen LogP contribution in [0.2, 0.25) is 0 Å². The van der Waals surface area contributed by atoms with Gasteiger partial charge in [0, 0.05) is 12.0 Å². The maximum absolute atomic E-state index is 10.4. The second-order valence-corrected chi connectivity index (χ2v) is 2.51. The van der Waals surface area contributed by atoms with Crippen molar-refractivity contribution in [2.75, 3.05) is 0 Å². The normalized spacial score (nSPS) is 31.2. The molecule has 0 aromatic heterocycles. The summed E-state index contributed by atoms with van der Waals surface area (Å²) in [5, 5.41) is 12.2. The summed E-state index contributed by atoms with van der Waals surface area (Å²) in [7, 11) is 0. The number of nitrogens with zero attached hydrogens (tertiary/aromatic N) is 1. The predicted molar refractivity (Wildman–Crippen MR) is 36.8 cm³/mol. The van der Waals surface area contributed by atoms with E-state index in [2.05, 4.69) is 10.5 Å². The van der Waals surface area contributed by atoms with Crippen molar-refractivity contribution in [1.29, 1.82) is 0 Å². The SMILES string of the molecule is CC1NN=C(C(=O)O)C1C. The Morgan fingerprint density at radius 3 is 2.50 bits per heavy atom. The molecule has 0 amide bonds. The summed E-state index contributed by atoms with van der Waals surface area (Å²) in [5.41, 5.74) is 2.94. The molecule has 2 atom stereocenters. The quantitative estimate of drug-likeness (QED) is 0.544. The summed E-state index contributed by atoms with van der Waals surface area (Å²) >= 11 is 0. The third-order valence-electron chi connectivity index (χ3n) is 1.79. The molecule has 0 saturated heterocycles. The number of nitrogens with one attached hydrogen (secondary N) is 1. The molecule has 0 fully saturated rings. The maximum Gasteiger partial charge on any atom is 0.352 e. The predicted octanol–water partition coefficient (Wildman–Crippen LogP) is 0.0548. The van der Waals surface area contributed by atoms with Crippen LogP contribution in [-0.2, 0) is 4.79 Å². The van der Waals surface area contributed by atoms with E-state index in [-0.39, 0.29) is 17.7 Å². The van der Waals surface area contributed by atoms with Gasteiger partial charge in [0.1, 0.15) is 5.71 Å². The van der Waals surface area contributed by atoms with Crippen molar-refractivity contribution in [1.82, 2.24) is 5.43 Å². The molecular weight excluding hydrogens is 132 g/mol. The molecule has 1 rings (SSSR count). The maximum atomic E-state index is 10.4. The lowest BCUT2D eigenvalue weighted by molar-refractivity contribution is -0.129. The van der Waals surface area contributed by atoms with Crippen LogP contribution >= 0.6 is 0 Å². The van der Waals surface area contributed by atoms with Gasteiger partial charge in [-0.3, -0.25) is 0 Å².